The van der Waals surface area contributed by atoms with Crippen molar-refractivity contribution >= 4 is 17.6 Å². The Balaban J connectivity index is 3.35. The summed E-state index contributed by atoms with van der Waals surface area (Å²) in [4.78, 5) is 10.6. The van der Waals surface area contributed by atoms with Crippen molar-refractivity contribution in [2.45, 2.75) is 12.3 Å². The minimum atomic E-state index is -1.07. The smallest absolute Gasteiger partial charge is 0.307 e. The fourth-order valence-electron chi connectivity index (χ4n) is 1.28. The molecule has 2 N–H and O–H groups in total. The Morgan fingerprint density at radius 3 is 2.67 bits per heavy atom. The fraction of sp³-hybridized carbons (Fsp3) is 0.200. The number of phenols is 1. The Morgan fingerprint density at radius 2 is 2.20 bits per heavy atom. The van der Waals surface area contributed by atoms with Crippen LogP contribution in [-0.4, -0.2) is 16.2 Å². The van der Waals surface area contributed by atoms with Gasteiger partial charge in [-0.25, -0.2) is 0 Å². The Bertz CT molecular complexity index is 437. The zero-order valence-corrected chi connectivity index (χ0v) is 8.45. The highest BCUT2D eigenvalue weighted by atomic mass is 35.5. The predicted molar refractivity (Wildman–Crippen MR) is 53.7 cm³/mol. The van der Waals surface area contributed by atoms with Gasteiger partial charge in [0.2, 0.25) is 0 Å². The van der Waals surface area contributed by atoms with E-state index in [0.717, 1.165) is 0 Å². The van der Waals surface area contributed by atoms with E-state index in [0.29, 0.717) is 5.56 Å². The lowest BCUT2D eigenvalue weighted by atomic mass is 9.99. The van der Waals surface area contributed by atoms with Gasteiger partial charge in [-0.2, -0.15) is 5.26 Å². The Labute approximate surface area is 91.3 Å². The van der Waals surface area contributed by atoms with E-state index in [1.54, 1.807) is 6.07 Å². The number of halogens is 1. The maximum Gasteiger partial charge on any atom is 0.307 e. The number of rotatable bonds is 3. The first kappa shape index (κ1) is 11.3. The molecule has 15 heavy (non-hydrogen) atoms. The molecule has 0 radical (unpaired) electrons. The lowest BCUT2D eigenvalue weighted by Gasteiger charge is -2.08. The summed E-state index contributed by atoms with van der Waals surface area (Å²) in [6, 6.07) is 4.62. The highest BCUT2D eigenvalue weighted by Gasteiger charge is 2.14. The molecule has 0 spiro atoms. The van der Waals surface area contributed by atoms with Crippen molar-refractivity contribution in [2.24, 2.45) is 0 Å². The van der Waals surface area contributed by atoms with Crippen LogP contribution in [0.1, 0.15) is 16.7 Å². The molecule has 0 amide bonds. The van der Waals surface area contributed by atoms with E-state index in [9.17, 15) is 9.90 Å². The molecule has 0 fully saturated rings. The summed E-state index contributed by atoms with van der Waals surface area (Å²) in [7, 11) is 0. The van der Waals surface area contributed by atoms with E-state index in [1.807, 2.05) is 0 Å². The molecule has 1 aromatic rings. The topological polar surface area (TPSA) is 81.3 Å². The van der Waals surface area contributed by atoms with Crippen LogP contribution in [-0.2, 0) is 17.1 Å². The molecule has 0 aliphatic rings. The summed E-state index contributed by atoms with van der Waals surface area (Å²) >= 11 is 5.61. The third kappa shape index (κ3) is 2.39. The van der Waals surface area contributed by atoms with E-state index in [2.05, 4.69) is 0 Å². The van der Waals surface area contributed by atoms with Gasteiger partial charge >= 0.3 is 5.97 Å². The van der Waals surface area contributed by atoms with Crippen molar-refractivity contribution in [1.29, 1.82) is 5.26 Å². The van der Waals surface area contributed by atoms with Crippen LogP contribution < -0.4 is 0 Å². The van der Waals surface area contributed by atoms with Crippen LogP contribution in [0.25, 0.3) is 0 Å². The van der Waals surface area contributed by atoms with Gasteiger partial charge in [0.25, 0.3) is 0 Å². The molecule has 78 valence electrons. The minimum absolute atomic E-state index is 0.0180. The number of benzene rings is 1. The first-order valence-electron chi connectivity index (χ1n) is 4.11. The molecular weight excluding hydrogens is 218 g/mol. The number of nitriles is 1. The SMILES string of the molecule is N#Cc1c(O)ccc(CCl)c1CC(=O)O. The third-order valence-electron chi connectivity index (χ3n) is 1.97. The zero-order valence-electron chi connectivity index (χ0n) is 7.70. The van der Waals surface area contributed by atoms with Crippen molar-refractivity contribution in [3.8, 4) is 11.8 Å². The molecule has 0 bridgehead atoms. The van der Waals surface area contributed by atoms with E-state index in [1.165, 1.54) is 12.1 Å². The Hall–Kier alpha value is -1.73. The highest BCUT2D eigenvalue weighted by molar-refractivity contribution is 6.17. The largest absolute Gasteiger partial charge is 0.507 e. The lowest BCUT2D eigenvalue weighted by molar-refractivity contribution is -0.136. The summed E-state index contributed by atoms with van der Waals surface area (Å²) in [6.45, 7) is 0. The van der Waals surface area contributed by atoms with Crippen molar-refractivity contribution < 1.29 is 15.0 Å². The van der Waals surface area contributed by atoms with Crippen molar-refractivity contribution in [3.63, 3.8) is 0 Å². The van der Waals surface area contributed by atoms with E-state index in [4.69, 9.17) is 22.0 Å². The van der Waals surface area contributed by atoms with Crippen molar-refractivity contribution in [1.82, 2.24) is 0 Å². The molecular formula is C10H8ClNO3. The highest BCUT2D eigenvalue weighted by Crippen LogP contribution is 2.25. The second-order valence-electron chi connectivity index (χ2n) is 2.91. The van der Waals surface area contributed by atoms with Crippen LogP contribution in [0.3, 0.4) is 0 Å². The van der Waals surface area contributed by atoms with Crippen LogP contribution in [0, 0.1) is 11.3 Å². The molecule has 0 atom stereocenters. The number of hydrogen-bond donors (Lipinski definition) is 2. The number of hydrogen-bond acceptors (Lipinski definition) is 3. The van der Waals surface area contributed by atoms with Crippen LogP contribution in [0.5, 0.6) is 5.75 Å². The van der Waals surface area contributed by atoms with Gasteiger partial charge in [-0.05, 0) is 17.2 Å². The number of carbonyl (C=O) groups is 1. The van der Waals surface area contributed by atoms with Gasteiger partial charge in [-0.3, -0.25) is 4.79 Å². The number of phenolic OH excluding ortho intramolecular Hbond substituents is 1. The minimum Gasteiger partial charge on any atom is -0.507 e. The molecule has 5 heteroatoms. The molecule has 0 saturated heterocycles. The molecule has 0 unspecified atom stereocenters. The number of alkyl halides is 1. The van der Waals surface area contributed by atoms with Crippen LogP contribution >= 0.6 is 11.6 Å². The van der Waals surface area contributed by atoms with Gasteiger partial charge in [0.1, 0.15) is 11.8 Å². The normalized spacial score (nSPS) is 9.60. The standard InChI is InChI=1S/C10H8ClNO3/c11-4-6-1-2-9(13)8(5-12)7(6)3-10(14)15/h1-2,13H,3-4H2,(H,14,15). The first-order valence-corrected chi connectivity index (χ1v) is 4.65. The molecule has 1 aromatic carbocycles. The van der Waals surface area contributed by atoms with Crippen molar-refractivity contribution in [2.75, 3.05) is 0 Å². The Kier molecular flexibility index (Phi) is 3.53. The van der Waals surface area contributed by atoms with E-state index >= 15 is 0 Å². The van der Waals surface area contributed by atoms with Gasteiger partial charge in [0.15, 0.2) is 0 Å². The van der Waals surface area contributed by atoms with Gasteiger partial charge in [-0.1, -0.05) is 6.07 Å². The third-order valence-corrected chi connectivity index (χ3v) is 2.26. The number of carboxylic acids is 1. The Morgan fingerprint density at radius 1 is 1.53 bits per heavy atom. The quantitative estimate of drug-likeness (QED) is 0.766. The van der Waals surface area contributed by atoms with Gasteiger partial charge in [-0.15, -0.1) is 11.6 Å². The first-order chi connectivity index (χ1) is 7.10. The van der Waals surface area contributed by atoms with Crippen LogP contribution in [0.2, 0.25) is 0 Å². The van der Waals surface area contributed by atoms with Crippen LogP contribution in [0.4, 0.5) is 0 Å². The molecule has 1 rings (SSSR count). The average Bonchev–Trinajstić information content (AvgIpc) is 2.18. The second-order valence-corrected chi connectivity index (χ2v) is 3.18. The zero-order chi connectivity index (χ0) is 11.4. The fourth-order valence-corrected chi connectivity index (χ4v) is 1.53. The molecule has 0 aliphatic carbocycles. The average molecular weight is 226 g/mol. The monoisotopic (exact) mass is 225 g/mol. The maximum atomic E-state index is 10.6. The molecule has 4 nitrogen and oxygen atoms in total. The second kappa shape index (κ2) is 4.67. The van der Waals surface area contributed by atoms with Gasteiger partial charge < -0.3 is 10.2 Å². The van der Waals surface area contributed by atoms with Crippen molar-refractivity contribution in [3.05, 3.63) is 28.8 Å². The van der Waals surface area contributed by atoms with Gasteiger partial charge in [0, 0.05) is 5.88 Å². The van der Waals surface area contributed by atoms with E-state index < -0.39 is 5.97 Å². The summed E-state index contributed by atoms with van der Waals surface area (Å²) < 4.78 is 0. The number of aliphatic carboxylic acids is 1. The molecule has 0 aromatic heterocycles. The maximum absolute atomic E-state index is 10.6. The molecule has 0 saturated carbocycles. The summed E-state index contributed by atoms with van der Waals surface area (Å²) in [5.74, 6) is -1.18. The van der Waals surface area contributed by atoms with E-state index in [-0.39, 0.29) is 29.2 Å². The summed E-state index contributed by atoms with van der Waals surface area (Å²) in [5, 5.41) is 26.8. The van der Waals surface area contributed by atoms with Crippen LogP contribution in [0.15, 0.2) is 12.1 Å². The molecule has 0 heterocycles. The summed E-state index contributed by atoms with van der Waals surface area (Å²) in [5.41, 5.74) is 0.809. The lowest BCUT2D eigenvalue weighted by Crippen LogP contribution is -2.05. The number of aromatic hydroxyl groups is 1. The van der Waals surface area contributed by atoms with Gasteiger partial charge in [0.05, 0.1) is 12.0 Å². The predicted octanol–water partition coefficient (Wildman–Crippen LogP) is 1.63. The molecule has 0 aliphatic heterocycles. The number of nitrogens with zero attached hydrogens (tertiary/aromatic N) is 1. The number of carboxylic acid groups (broad SMARTS) is 1. The summed E-state index contributed by atoms with van der Waals surface area (Å²) in [6.07, 6.45) is -0.320.